The van der Waals surface area contributed by atoms with Gasteiger partial charge in [0.15, 0.2) is 23.0 Å². The summed E-state index contributed by atoms with van der Waals surface area (Å²) < 4.78 is 33.7. The van der Waals surface area contributed by atoms with Gasteiger partial charge in [0.2, 0.25) is 17.2 Å². The van der Waals surface area contributed by atoms with Gasteiger partial charge in [0.25, 0.3) is 0 Å². The van der Waals surface area contributed by atoms with E-state index >= 15 is 0 Å². The SMILES string of the molecule is COc1ccc2c(c1OC)OC[C@@H]1c3cc(O)c(OC)c(OC)c3O[C@H]21. The topological polar surface area (TPSA) is 75.6 Å². The molecule has 0 spiro atoms. The highest BCUT2D eigenvalue weighted by molar-refractivity contribution is 5.67. The number of rotatable bonds is 4. The fourth-order valence-electron chi connectivity index (χ4n) is 3.70. The Balaban J connectivity index is 1.84. The largest absolute Gasteiger partial charge is 0.504 e. The van der Waals surface area contributed by atoms with Crippen molar-refractivity contribution in [2.75, 3.05) is 35.0 Å². The van der Waals surface area contributed by atoms with E-state index in [9.17, 15) is 5.11 Å². The first-order valence-electron chi connectivity index (χ1n) is 8.16. The van der Waals surface area contributed by atoms with Gasteiger partial charge in [0, 0.05) is 11.1 Å². The summed E-state index contributed by atoms with van der Waals surface area (Å²) in [5, 5.41) is 10.3. The van der Waals surface area contributed by atoms with Crippen LogP contribution in [0.3, 0.4) is 0 Å². The van der Waals surface area contributed by atoms with Gasteiger partial charge in [0.1, 0.15) is 6.10 Å². The van der Waals surface area contributed by atoms with Crippen LogP contribution in [0.5, 0.6) is 40.2 Å². The Labute approximate surface area is 151 Å². The van der Waals surface area contributed by atoms with Gasteiger partial charge in [-0.25, -0.2) is 0 Å². The second-order valence-corrected chi connectivity index (χ2v) is 6.06. The molecule has 2 aromatic rings. The van der Waals surface area contributed by atoms with Gasteiger partial charge in [0.05, 0.1) is 41.0 Å². The molecule has 138 valence electrons. The van der Waals surface area contributed by atoms with Crippen molar-refractivity contribution in [3.05, 3.63) is 29.3 Å². The standard InChI is InChI=1S/C19H20O7/c1-21-13-6-5-9-14-11(8-25-15(9)18(13)23-3)10-7-12(20)17(22-2)19(24-4)16(10)26-14/h5-7,11,14,20H,8H2,1-4H3/t11-,14-/m1/s1. The average Bonchev–Trinajstić information content (AvgIpc) is 3.04. The summed E-state index contributed by atoms with van der Waals surface area (Å²) in [7, 11) is 6.14. The van der Waals surface area contributed by atoms with Crippen LogP contribution in [0.1, 0.15) is 23.1 Å². The number of benzene rings is 2. The normalized spacial score (nSPS) is 19.4. The monoisotopic (exact) mass is 360 g/mol. The molecule has 0 saturated carbocycles. The van der Waals surface area contributed by atoms with Crippen molar-refractivity contribution in [2.24, 2.45) is 0 Å². The summed E-state index contributed by atoms with van der Waals surface area (Å²) in [4.78, 5) is 0. The van der Waals surface area contributed by atoms with Gasteiger partial charge in [-0.3, -0.25) is 0 Å². The van der Waals surface area contributed by atoms with Crippen LogP contribution in [0.4, 0.5) is 0 Å². The van der Waals surface area contributed by atoms with Crippen molar-refractivity contribution in [1.82, 2.24) is 0 Å². The zero-order valence-electron chi connectivity index (χ0n) is 15.0. The molecule has 0 amide bonds. The van der Waals surface area contributed by atoms with Crippen LogP contribution < -0.4 is 28.4 Å². The van der Waals surface area contributed by atoms with Gasteiger partial charge in [-0.05, 0) is 18.2 Å². The molecule has 0 bridgehead atoms. The van der Waals surface area contributed by atoms with Crippen molar-refractivity contribution in [3.63, 3.8) is 0 Å². The van der Waals surface area contributed by atoms with Crippen LogP contribution >= 0.6 is 0 Å². The van der Waals surface area contributed by atoms with E-state index in [0.717, 1.165) is 11.1 Å². The summed E-state index contributed by atoms with van der Waals surface area (Å²) in [6.45, 7) is 0.378. The fraction of sp³-hybridized carbons (Fsp3) is 0.368. The third-order valence-corrected chi connectivity index (χ3v) is 4.86. The van der Waals surface area contributed by atoms with Crippen molar-refractivity contribution >= 4 is 0 Å². The molecule has 7 nitrogen and oxygen atoms in total. The van der Waals surface area contributed by atoms with Crippen LogP contribution in [-0.4, -0.2) is 40.2 Å². The van der Waals surface area contributed by atoms with E-state index in [1.807, 2.05) is 12.1 Å². The first-order chi connectivity index (χ1) is 12.6. The molecule has 0 unspecified atom stereocenters. The molecule has 2 atom stereocenters. The summed E-state index contributed by atoms with van der Waals surface area (Å²) in [6.07, 6.45) is -0.283. The number of methoxy groups -OCH3 is 4. The lowest BCUT2D eigenvalue weighted by Crippen LogP contribution is -2.23. The van der Waals surface area contributed by atoms with Crippen molar-refractivity contribution in [3.8, 4) is 40.2 Å². The molecule has 2 aromatic carbocycles. The number of aromatic hydroxyl groups is 1. The van der Waals surface area contributed by atoms with Gasteiger partial charge in [-0.2, -0.15) is 0 Å². The highest BCUT2D eigenvalue weighted by Gasteiger charge is 2.45. The Bertz CT molecular complexity index is 862. The summed E-state index contributed by atoms with van der Waals surface area (Å²) in [5.41, 5.74) is 1.68. The maximum atomic E-state index is 10.3. The van der Waals surface area contributed by atoms with Crippen LogP contribution in [0.25, 0.3) is 0 Å². The number of fused-ring (bicyclic) bond motifs is 5. The van der Waals surface area contributed by atoms with Crippen molar-refractivity contribution < 1.29 is 33.5 Å². The van der Waals surface area contributed by atoms with E-state index in [4.69, 9.17) is 28.4 Å². The average molecular weight is 360 g/mol. The number of hydrogen-bond acceptors (Lipinski definition) is 7. The first kappa shape index (κ1) is 16.5. The molecule has 26 heavy (non-hydrogen) atoms. The second kappa shape index (κ2) is 6.09. The highest BCUT2D eigenvalue weighted by atomic mass is 16.6. The van der Waals surface area contributed by atoms with E-state index in [1.54, 1.807) is 20.3 Å². The first-order valence-corrected chi connectivity index (χ1v) is 8.16. The van der Waals surface area contributed by atoms with Crippen LogP contribution in [-0.2, 0) is 0 Å². The summed E-state index contributed by atoms with van der Waals surface area (Å²) in [5.74, 6) is 2.84. The number of hydrogen-bond donors (Lipinski definition) is 1. The van der Waals surface area contributed by atoms with Gasteiger partial charge in [-0.15, -0.1) is 0 Å². The Hall–Kier alpha value is -2.96. The maximum absolute atomic E-state index is 10.3. The molecule has 2 aliphatic rings. The fourth-order valence-corrected chi connectivity index (χ4v) is 3.70. The Morgan fingerprint density at radius 3 is 2.27 bits per heavy atom. The van der Waals surface area contributed by atoms with Gasteiger partial charge < -0.3 is 33.5 Å². The highest BCUT2D eigenvalue weighted by Crippen LogP contribution is 2.60. The van der Waals surface area contributed by atoms with E-state index in [-0.39, 0.29) is 23.5 Å². The van der Waals surface area contributed by atoms with Crippen LogP contribution in [0.15, 0.2) is 18.2 Å². The molecule has 2 heterocycles. The molecule has 0 fully saturated rings. The second-order valence-electron chi connectivity index (χ2n) is 6.06. The zero-order chi connectivity index (χ0) is 18.4. The molecule has 1 N–H and O–H groups in total. The van der Waals surface area contributed by atoms with Crippen molar-refractivity contribution in [2.45, 2.75) is 12.0 Å². The Morgan fingerprint density at radius 1 is 0.885 bits per heavy atom. The Morgan fingerprint density at radius 2 is 1.62 bits per heavy atom. The van der Waals surface area contributed by atoms with E-state index in [1.165, 1.54) is 14.2 Å². The number of phenolic OH excluding ortho intramolecular Hbond substituents is 1. The molecule has 0 aliphatic carbocycles. The zero-order valence-corrected chi connectivity index (χ0v) is 15.0. The minimum atomic E-state index is -0.283. The van der Waals surface area contributed by atoms with E-state index < -0.39 is 0 Å². The molecule has 4 rings (SSSR count). The van der Waals surface area contributed by atoms with Gasteiger partial charge in [-0.1, -0.05) is 0 Å². The molecular formula is C19H20O7. The van der Waals surface area contributed by atoms with Crippen LogP contribution in [0.2, 0.25) is 0 Å². The lowest BCUT2D eigenvalue weighted by atomic mass is 9.89. The third kappa shape index (κ3) is 2.13. The predicted molar refractivity (Wildman–Crippen MR) is 92.4 cm³/mol. The maximum Gasteiger partial charge on any atom is 0.207 e. The minimum Gasteiger partial charge on any atom is -0.504 e. The molecular weight excluding hydrogens is 340 g/mol. The molecule has 0 saturated heterocycles. The quantitative estimate of drug-likeness (QED) is 0.898. The van der Waals surface area contributed by atoms with E-state index in [0.29, 0.717) is 35.4 Å². The summed E-state index contributed by atoms with van der Waals surface area (Å²) in [6, 6.07) is 5.38. The lowest BCUT2D eigenvalue weighted by Gasteiger charge is -2.29. The molecule has 2 aliphatic heterocycles. The minimum absolute atomic E-state index is 0.00505. The third-order valence-electron chi connectivity index (χ3n) is 4.86. The van der Waals surface area contributed by atoms with E-state index in [2.05, 4.69) is 0 Å². The molecule has 0 aromatic heterocycles. The van der Waals surface area contributed by atoms with Gasteiger partial charge >= 0.3 is 0 Å². The lowest BCUT2D eigenvalue weighted by molar-refractivity contribution is 0.132. The summed E-state index contributed by atoms with van der Waals surface area (Å²) >= 11 is 0. The molecule has 7 heteroatoms. The van der Waals surface area contributed by atoms with Crippen LogP contribution in [0, 0.1) is 0 Å². The number of ether oxygens (including phenoxy) is 6. The smallest absolute Gasteiger partial charge is 0.207 e. The predicted octanol–water partition coefficient (Wildman–Crippen LogP) is 3.04. The number of phenols is 1. The molecule has 0 radical (unpaired) electrons. The van der Waals surface area contributed by atoms with Crippen molar-refractivity contribution in [1.29, 1.82) is 0 Å². The Kier molecular flexibility index (Phi) is 3.86.